The van der Waals surface area contributed by atoms with Crippen molar-refractivity contribution in [3.8, 4) is 0 Å². The largest absolute Gasteiger partial charge is 0.351 e. The number of aryl methyl sites for hydroxylation is 3. The van der Waals surface area contributed by atoms with Gasteiger partial charge in [-0.3, -0.25) is 4.68 Å². The van der Waals surface area contributed by atoms with E-state index in [4.69, 9.17) is 0 Å². The lowest BCUT2D eigenvalue weighted by atomic mass is 10.0. The number of aromatic nitrogens is 6. The molecule has 118 valence electrons. The van der Waals surface area contributed by atoms with Crippen LogP contribution >= 0.6 is 11.3 Å². The lowest BCUT2D eigenvalue weighted by molar-refractivity contribution is 0.498. The summed E-state index contributed by atoms with van der Waals surface area (Å²) in [5, 5.41) is 13.0. The van der Waals surface area contributed by atoms with Gasteiger partial charge in [0.25, 0.3) is 0 Å². The standard InChI is InChI=1S/C14H21N7S/c1-8(2)6-10(12-15-7-16-20(12)4)17-14-18-13-11(22-14)9(3)19-21(13)5/h7-8,10H,6H2,1-5H3,(H,17,18)/t10-/m0/s1. The Balaban J connectivity index is 1.91. The Kier molecular flexibility index (Phi) is 3.86. The van der Waals surface area contributed by atoms with Crippen LogP contribution in [0.5, 0.6) is 0 Å². The molecule has 0 aliphatic rings. The predicted octanol–water partition coefficient (Wildman–Crippen LogP) is 2.67. The van der Waals surface area contributed by atoms with Gasteiger partial charge in [0.05, 0.1) is 16.4 Å². The third-order valence-electron chi connectivity index (χ3n) is 3.61. The van der Waals surface area contributed by atoms with Gasteiger partial charge in [0.2, 0.25) is 0 Å². The molecule has 0 fully saturated rings. The van der Waals surface area contributed by atoms with Crippen LogP contribution in [0.1, 0.15) is 37.8 Å². The fourth-order valence-electron chi connectivity index (χ4n) is 2.62. The van der Waals surface area contributed by atoms with E-state index in [2.05, 4.69) is 39.3 Å². The van der Waals surface area contributed by atoms with E-state index in [0.717, 1.165) is 33.4 Å². The highest BCUT2D eigenvalue weighted by Gasteiger charge is 2.21. The second kappa shape index (κ2) is 5.68. The van der Waals surface area contributed by atoms with Crippen molar-refractivity contribution in [2.75, 3.05) is 5.32 Å². The summed E-state index contributed by atoms with van der Waals surface area (Å²) in [4.78, 5) is 9.06. The van der Waals surface area contributed by atoms with Gasteiger partial charge in [-0.2, -0.15) is 10.2 Å². The molecule has 1 N–H and O–H groups in total. The monoisotopic (exact) mass is 319 g/mol. The fourth-order valence-corrected chi connectivity index (χ4v) is 3.60. The first-order valence-electron chi connectivity index (χ1n) is 7.36. The van der Waals surface area contributed by atoms with E-state index in [-0.39, 0.29) is 6.04 Å². The quantitative estimate of drug-likeness (QED) is 0.782. The third kappa shape index (κ3) is 2.70. The van der Waals surface area contributed by atoms with Crippen LogP contribution in [0, 0.1) is 12.8 Å². The zero-order chi connectivity index (χ0) is 15.9. The lowest BCUT2D eigenvalue weighted by Gasteiger charge is -2.19. The molecule has 3 aromatic rings. The van der Waals surface area contributed by atoms with E-state index in [9.17, 15) is 0 Å². The number of nitrogens with one attached hydrogen (secondary N) is 1. The minimum Gasteiger partial charge on any atom is -0.351 e. The van der Waals surface area contributed by atoms with Crippen LogP contribution in [-0.2, 0) is 14.1 Å². The van der Waals surface area contributed by atoms with Crippen molar-refractivity contribution in [1.29, 1.82) is 0 Å². The molecule has 8 heteroatoms. The van der Waals surface area contributed by atoms with Gasteiger partial charge in [0.15, 0.2) is 10.8 Å². The maximum absolute atomic E-state index is 4.67. The first-order chi connectivity index (χ1) is 10.5. The molecule has 0 unspecified atom stereocenters. The van der Waals surface area contributed by atoms with Gasteiger partial charge in [0.1, 0.15) is 12.2 Å². The first-order valence-corrected chi connectivity index (χ1v) is 8.18. The minimum atomic E-state index is 0.0985. The zero-order valence-electron chi connectivity index (χ0n) is 13.5. The summed E-state index contributed by atoms with van der Waals surface area (Å²) in [7, 11) is 3.84. The molecule has 0 aliphatic heterocycles. The molecule has 22 heavy (non-hydrogen) atoms. The van der Waals surface area contributed by atoms with E-state index in [1.54, 1.807) is 17.7 Å². The number of hydrogen-bond donors (Lipinski definition) is 1. The molecule has 0 amide bonds. The van der Waals surface area contributed by atoms with Crippen molar-refractivity contribution >= 4 is 26.8 Å². The highest BCUT2D eigenvalue weighted by Crippen LogP contribution is 2.31. The molecule has 0 spiro atoms. The summed E-state index contributed by atoms with van der Waals surface area (Å²) >= 11 is 1.64. The Morgan fingerprint density at radius 1 is 1.27 bits per heavy atom. The second-order valence-corrected chi connectivity index (χ2v) is 6.95. The highest BCUT2D eigenvalue weighted by atomic mass is 32.1. The van der Waals surface area contributed by atoms with Crippen molar-refractivity contribution in [3.63, 3.8) is 0 Å². The molecule has 0 saturated carbocycles. The topological polar surface area (TPSA) is 73.5 Å². The van der Waals surface area contributed by atoms with E-state index >= 15 is 0 Å². The minimum absolute atomic E-state index is 0.0985. The molecule has 3 rings (SSSR count). The van der Waals surface area contributed by atoms with Crippen molar-refractivity contribution < 1.29 is 0 Å². The predicted molar refractivity (Wildman–Crippen MR) is 87.9 cm³/mol. The van der Waals surface area contributed by atoms with Crippen LogP contribution in [0.25, 0.3) is 10.3 Å². The van der Waals surface area contributed by atoms with Gasteiger partial charge < -0.3 is 5.32 Å². The van der Waals surface area contributed by atoms with Crippen LogP contribution in [0.2, 0.25) is 0 Å². The van der Waals surface area contributed by atoms with Crippen molar-refractivity contribution in [2.45, 2.75) is 33.2 Å². The Morgan fingerprint density at radius 2 is 2.05 bits per heavy atom. The fraction of sp³-hybridized carbons (Fsp3) is 0.571. The van der Waals surface area contributed by atoms with Gasteiger partial charge in [-0.1, -0.05) is 25.2 Å². The van der Waals surface area contributed by atoms with Gasteiger partial charge in [0, 0.05) is 14.1 Å². The van der Waals surface area contributed by atoms with Gasteiger partial charge in [-0.05, 0) is 19.3 Å². The van der Waals surface area contributed by atoms with Crippen molar-refractivity contribution in [2.24, 2.45) is 20.0 Å². The number of hydrogen-bond acceptors (Lipinski definition) is 6. The molecule has 0 bridgehead atoms. The number of rotatable bonds is 5. The molecule has 0 radical (unpaired) electrons. The maximum Gasteiger partial charge on any atom is 0.186 e. The van der Waals surface area contributed by atoms with E-state index in [1.165, 1.54) is 0 Å². The number of anilines is 1. The van der Waals surface area contributed by atoms with Gasteiger partial charge in [-0.15, -0.1) is 0 Å². The Hall–Kier alpha value is -1.96. The Bertz CT molecular complexity index is 748. The molecule has 3 heterocycles. The van der Waals surface area contributed by atoms with Crippen LogP contribution in [0.15, 0.2) is 6.33 Å². The summed E-state index contributed by atoms with van der Waals surface area (Å²) in [6, 6.07) is 0.0985. The van der Waals surface area contributed by atoms with Crippen molar-refractivity contribution in [1.82, 2.24) is 29.5 Å². The van der Waals surface area contributed by atoms with Crippen LogP contribution in [0.4, 0.5) is 5.13 Å². The van der Waals surface area contributed by atoms with Gasteiger partial charge >= 0.3 is 0 Å². The molecule has 0 aromatic carbocycles. The highest BCUT2D eigenvalue weighted by molar-refractivity contribution is 7.22. The lowest BCUT2D eigenvalue weighted by Crippen LogP contribution is -2.17. The number of nitrogens with zero attached hydrogens (tertiary/aromatic N) is 6. The Labute approximate surface area is 133 Å². The molecule has 7 nitrogen and oxygen atoms in total. The average Bonchev–Trinajstić information content (AvgIpc) is 3.08. The second-order valence-electron chi connectivity index (χ2n) is 5.95. The average molecular weight is 319 g/mol. The van der Waals surface area contributed by atoms with Crippen LogP contribution in [-0.4, -0.2) is 29.5 Å². The van der Waals surface area contributed by atoms with Crippen molar-refractivity contribution in [3.05, 3.63) is 17.8 Å². The molecule has 0 saturated heterocycles. The maximum atomic E-state index is 4.67. The molecule has 3 aromatic heterocycles. The summed E-state index contributed by atoms with van der Waals surface area (Å²) in [5.41, 5.74) is 1.94. The molecular weight excluding hydrogens is 298 g/mol. The molecular formula is C14H21N7S. The van der Waals surface area contributed by atoms with Gasteiger partial charge in [-0.25, -0.2) is 14.6 Å². The molecule has 0 aliphatic carbocycles. The Morgan fingerprint density at radius 3 is 2.64 bits per heavy atom. The number of thiazole rings is 1. The SMILES string of the molecule is Cc1nn(C)c2nc(N[C@@H](CC(C)C)c3ncnn3C)sc12. The third-order valence-corrected chi connectivity index (χ3v) is 4.69. The van der Waals surface area contributed by atoms with E-state index < -0.39 is 0 Å². The summed E-state index contributed by atoms with van der Waals surface area (Å²) in [6.07, 6.45) is 2.57. The summed E-state index contributed by atoms with van der Waals surface area (Å²) in [5.74, 6) is 1.48. The first kappa shape index (κ1) is 15.0. The summed E-state index contributed by atoms with van der Waals surface area (Å²) < 4.78 is 4.78. The van der Waals surface area contributed by atoms with E-state index in [0.29, 0.717) is 5.92 Å². The molecule has 1 atom stereocenters. The van der Waals surface area contributed by atoms with Crippen LogP contribution < -0.4 is 5.32 Å². The van der Waals surface area contributed by atoms with E-state index in [1.807, 2.05) is 30.4 Å². The van der Waals surface area contributed by atoms with Crippen LogP contribution in [0.3, 0.4) is 0 Å². The normalized spacial score (nSPS) is 13.2. The summed E-state index contributed by atoms with van der Waals surface area (Å²) in [6.45, 7) is 6.42. The number of fused-ring (bicyclic) bond motifs is 1. The zero-order valence-corrected chi connectivity index (χ0v) is 14.3. The smallest absolute Gasteiger partial charge is 0.186 e.